The maximum Gasteiger partial charge on any atom is 0.259 e. The second-order valence-electron chi connectivity index (χ2n) is 13.0. The zero-order valence-electron chi connectivity index (χ0n) is 24.8. The SMILES string of the molecule is Cn1cc(C2=C(c3cn([C@@H]4C=C[C@H](O[Si](C)(C)C(C)(C)C)CCC4)c4ccccc34)C(=O)NC2=O)c2ccccc21. The summed E-state index contributed by atoms with van der Waals surface area (Å²) in [7, 11) is 0.0776. The smallest absolute Gasteiger partial charge is 0.259 e. The highest BCUT2D eigenvalue weighted by Crippen LogP contribution is 2.41. The molecule has 0 spiro atoms. The van der Waals surface area contributed by atoms with Gasteiger partial charge in [0.1, 0.15) is 0 Å². The van der Waals surface area contributed by atoms with Crippen LogP contribution in [-0.2, 0) is 21.1 Å². The van der Waals surface area contributed by atoms with Crippen molar-refractivity contribution in [2.75, 3.05) is 0 Å². The van der Waals surface area contributed by atoms with Crippen LogP contribution in [0.2, 0.25) is 18.1 Å². The molecule has 1 aliphatic carbocycles. The number of carbonyl (C=O) groups excluding carboxylic acids is 2. The second-order valence-corrected chi connectivity index (χ2v) is 17.7. The Kier molecular flexibility index (Phi) is 6.70. The third kappa shape index (κ3) is 4.71. The molecule has 2 aromatic carbocycles. The van der Waals surface area contributed by atoms with E-state index < -0.39 is 8.32 Å². The van der Waals surface area contributed by atoms with Crippen molar-refractivity contribution in [3.63, 3.8) is 0 Å². The maximum atomic E-state index is 13.4. The number of fused-ring (bicyclic) bond motifs is 2. The number of nitrogens with zero attached hydrogens (tertiary/aromatic N) is 2. The Balaban J connectivity index is 1.45. The third-order valence-corrected chi connectivity index (χ3v) is 13.8. The summed E-state index contributed by atoms with van der Waals surface area (Å²) < 4.78 is 11.0. The van der Waals surface area contributed by atoms with Crippen LogP contribution in [0.1, 0.15) is 57.2 Å². The predicted octanol–water partition coefficient (Wildman–Crippen LogP) is 7.37. The molecule has 2 aliphatic rings. The van der Waals surface area contributed by atoms with Crippen LogP contribution in [-0.4, -0.2) is 35.4 Å². The number of imide groups is 1. The molecule has 0 saturated heterocycles. The van der Waals surface area contributed by atoms with E-state index in [0.29, 0.717) is 11.1 Å². The van der Waals surface area contributed by atoms with Gasteiger partial charge in [0, 0.05) is 52.4 Å². The first-order valence-electron chi connectivity index (χ1n) is 14.6. The minimum absolute atomic E-state index is 0.112. The van der Waals surface area contributed by atoms with Crippen molar-refractivity contribution in [2.24, 2.45) is 7.05 Å². The summed E-state index contributed by atoms with van der Waals surface area (Å²) in [5, 5.41) is 4.68. The Morgan fingerprint density at radius 2 is 1.41 bits per heavy atom. The van der Waals surface area contributed by atoms with E-state index in [1.165, 1.54) is 0 Å². The minimum atomic E-state index is -1.89. The van der Waals surface area contributed by atoms with E-state index in [0.717, 1.165) is 52.2 Å². The molecule has 0 saturated carbocycles. The molecule has 1 N–H and O–H groups in total. The molecule has 0 unspecified atom stereocenters. The molecule has 212 valence electrons. The van der Waals surface area contributed by atoms with Crippen molar-refractivity contribution in [3.05, 3.63) is 84.2 Å². The molecule has 1 aliphatic heterocycles. The van der Waals surface area contributed by atoms with E-state index in [1.54, 1.807) is 0 Å². The van der Waals surface area contributed by atoms with Gasteiger partial charge in [-0.25, -0.2) is 0 Å². The molecule has 2 atom stereocenters. The van der Waals surface area contributed by atoms with Crippen molar-refractivity contribution < 1.29 is 14.0 Å². The molecule has 7 heteroatoms. The molecule has 2 amide bonds. The fourth-order valence-electron chi connectivity index (χ4n) is 6.05. The van der Waals surface area contributed by atoms with Gasteiger partial charge in [-0.1, -0.05) is 69.3 Å². The van der Waals surface area contributed by atoms with Gasteiger partial charge in [0.05, 0.1) is 23.3 Å². The van der Waals surface area contributed by atoms with Crippen LogP contribution in [0.15, 0.2) is 73.1 Å². The third-order valence-electron chi connectivity index (χ3n) is 9.25. The van der Waals surface area contributed by atoms with Gasteiger partial charge >= 0.3 is 0 Å². The number of nitrogens with one attached hydrogen (secondary N) is 1. The van der Waals surface area contributed by atoms with Gasteiger partial charge < -0.3 is 13.6 Å². The monoisotopic (exact) mass is 565 g/mol. The van der Waals surface area contributed by atoms with Gasteiger partial charge in [0.15, 0.2) is 8.32 Å². The summed E-state index contributed by atoms with van der Waals surface area (Å²) in [5.41, 5.74) is 4.52. The van der Waals surface area contributed by atoms with Gasteiger partial charge in [-0.3, -0.25) is 14.9 Å². The maximum absolute atomic E-state index is 13.4. The first kappa shape index (κ1) is 27.5. The van der Waals surface area contributed by atoms with E-state index in [4.69, 9.17) is 4.43 Å². The van der Waals surface area contributed by atoms with Gasteiger partial charge in [0.25, 0.3) is 11.8 Å². The number of aromatic nitrogens is 2. The van der Waals surface area contributed by atoms with E-state index in [2.05, 4.69) is 74.2 Å². The molecule has 0 radical (unpaired) electrons. The zero-order valence-corrected chi connectivity index (χ0v) is 25.8. The summed E-state index contributed by atoms with van der Waals surface area (Å²) in [6.07, 6.45) is 11.7. The number of carbonyl (C=O) groups is 2. The second kappa shape index (κ2) is 10.00. The van der Waals surface area contributed by atoms with Crippen LogP contribution in [0, 0.1) is 0 Å². The molecule has 41 heavy (non-hydrogen) atoms. The van der Waals surface area contributed by atoms with Crippen molar-refractivity contribution in [1.29, 1.82) is 0 Å². The van der Waals surface area contributed by atoms with E-state index >= 15 is 0 Å². The molecule has 0 fully saturated rings. The number of allylic oxidation sites excluding steroid dienone is 1. The lowest BCUT2D eigenvalue weighted by molar-refractivity contribution is -0.122. The van der Waals surface area contributed by atoms with Crippen molar-refractivity contribution in [3.8, 4) is 0 Å². The summed E-state index contributed by atoms with van der Waals surface area (Å²) >= 11 is 0. The van der Waals surface area contributed by atoms with Crippen molar-refractivity contribution in [1.82, 2.24) is 14.5 Å². The molecule has 4 aromatic rings. The highest BCUT2D eigenvalue weighted by molar-refractivity contribution is 6.74. The summed E-state index contributed by atoms with van der Waals surface area (Å²) in [5.74, 6) is -0.696. The van der Waals surface area contributed by atoms with Gasteiger partial charge in [-0.2, -0.15) is 0 Å². The Bertz CT molecular complexity index is 1750. The van der Waals surface area contributed by atoms with Gasteiger partial charge in [-0.05, 0) is 49.5 Å². The molecule has 6 nitrogen and oxygen atoms in total. The first-order chi connectivity index (χ1) is 19.5. The normalized spacial score (nSPS) is 20.3. The molecular formula is C34H39N3O3Si. The number of rotatable bonds is 5. The number of aryl methyl sites for hydroxylation is 1. The van der Waals surface area contributed by atoms with E-state index in [-0.39, 0.29) is 29.0 Å². The summed E-state index contributed by atoms with van der Waals surface area (Å²) in [4.78, 5) is 26.7. The first-order valence-corrected chi connectivity index (χ1v) is 17.5. The van der Waals surface area contributed by atoms with E-state index in [9.17, 15) is 9.59 Å². The average Bonchev–Trinajstić information content (AvgIpc) is 3.48. The van der Waals surface area contributed by atoms with Crippen LogP contribution < -0.4 is 5.32 Å². The predicted molar refractivity (Wildman–Crippen MR) is 169 cm³/mol. The lowest BCUT2D eigenvalue weighted by Crippen LogP contribution is -2.43. The topological polar surface area (TPSA) is 65.3 Å². The highest BCUT2D eigenvalue weighted by Gasteiger charge is 2.39. The highest BCUT2D eigenvalue weighted by atomic mass is 28.4. The quantitative estimate of drug-likeness (QED) is 0.156. The Hall–Kier alpha value is -3.68. The lowest BCUT2D eigenvalue weighted by atomic mass is 9.95. The Morgan fingerprint density at radius 3 is 2.07 bits per heavy atom. The fraction of sp³-hybridized carbons (Fsp3) is 0.353. The largest absolute Gasteiger partial charge is 0.411 e. The van der Waals surface area contributed by atoms with Crippen LogP contribution in [0.5, 0.6) is 0 Å². The van der Waals surface area contributed by atoms with Crippen molar-refractivity contribution in [2.45, 2.75) is 70.3 Å². The van der Waals surface area contributed by atoms with Gasteiger partial charge in [0.2, 0.25) is 0 Å². The molecule has 6 rings (SSSR count). The van der Waals surface area contributed by atoms with Crippen LogP contribution in [0.25, 0.3) is 33.0 Å². The summed E-state index contributed by atoms with van der Waals surface area (Å²) in [6, 6.07) is 16.3. The average molecular weight is 566 g/mol. The molecule has 2 aromatic heterocycles. The minimum Gasteiger partial charge on any atom is -0.411 e. The Morgan fingerprint density at radius 1 is 0.829 bits per heavy atom. The number of para-hydroxylation sites is 2. The molecule has 3 heterocycles. The van der Waals surface area contributed by atoms with Crippen LogP contribution in [0.4, 0.5) is 0 Å². The number of benzene rings is 2. The zero-order chi connectivity index (χ0) is 29.1. The number of hydrogen-bond acceptors (Lipinski definition) is 3. The lowest BCUT2D eigenvalue weighted by Gasteiger charge is -2.38. The van der Waals surface area contributed by atoms with Crippen molar-refractivity contribution >= 4 is 53.1 Å². The number of amides is 2. The number of hydrogen-bond donors (Lipinski definition) is 1. The van der Waals surface area contributed by atoms with Crippen LogP contribution in [0.3, 0.4) is 0 Å². The van der Waals surface area contributed by atoms with Crippen LogP contribution >= 0.6 is 0 Å². The van der Waals surface area contributed by atoms with E-state index in [1.807, 2.05) is 54.2 Å². The van der Waals surface area contributed by atoms with Gasteiger partial charge in [-0.15, -0.1) is 0 Å². The standard InChI is InChI=1S/C34H39N3O3Si/c1-34(2,3)41(5,6)40-23-13-11-12-22(18-19-23)37-21-27(25-15-8-10-17-29(25)37)31-30(32(38)35-33(31)39)26-20-36(4)28-16-9-7-14-24(26)28/h7-10,14-23H,11-13H2,1-6H3,(H,35,38,39)/t22-,23+/m0/s1. The molecular weight excluding hydrogens is 526 g/mol. The Labute approximate surface area is 242 Å². The molecule has 0 bridgehead atoms. The summed E-state index contributed by atoms with van der Waals surface area (Å²) in [6.45, 7) is 11.5. The fourth-order valence-corrected chi connectivity index (χ4v) is 7.35.